The number of rotatable bonds is 12. The molecule has 2 nitrogen and oxygen atoms in total. The van der Waals surface area contributed by atoms with Crippen LogP contribution in [0.1, 0.15) is 76.3 Å². The molecule has 0 aromatic heterocycles. The highest BCUT2D eigenvalue weighted by Crippen LogP contribution is 2.43. The van der Waals surface area contributed by atoms with E-state index in [1.165, 1.54) is 49.7 Å². The van der Waals surface area contributed by atoms with Crippen molar-refractivity contribution in [2.45, 2.75) is 79.1 Å². The Bertz CT molecular complexity index is 988. The van der Waals surface area contributed by atoms with Gasteiger partial charge in [-0.05, 0) is 63.8 Å². The van der Waals surface area contributed by atoms with Crippen LogP contribution in [0.2, 0.25) is 0 Å². The van der Waals surface area contributed by atoms with Gasteiger partial charge in [0.1, 0.15) is 11.5 Å². The molecule has 0 atom stereocenters. The second-order valence-corrected chi connectivity index (χ2v) is 8.73. The Balaban J connectivity index is 2.02. The second kappa shape index (κ2) is 12.3. The molecule has 0 fully saturated rings. The van der Waals surface area contributed by atoms with Crippen LogP contribution in [0.5, 0.6) is 11.5 Å². The highest BCUT2D eigenvalue weighted by atomic mass is 16.5. The van der Waals surface area contributed by atoms with Gasteiger partial charge < -0.3 is 9.47 Å². The summed E-state index contributed by atoms with van der Waals surface area (Å²) in [7, 11) is 0. The number of fused-ring (bicyclic) bond motifs is 2. The number of unbranched alkanes of at least 4 members (excludes halogenated alkanes) is 6. The molecule has 0 spiro atoms. The number of hydrogen-bond acceptors (Lipinski definition) is 2. The summed E-state index contributed by atoms with van der Waals surface area (Å²) >= 11 is 0. The maximum absolute atomic E-state index is 6.28. The molecule has 0 unspecified atom stereocenters. The lowest BCUT2D eigenvalue weighted by atomic mass is 9.98. The first kappa shape index (κ1) is 23.9. The van der Waals surface area contributed by atoms with E-state index in [1.54, 1.807) is 0 Å². The van der Waals surface area contributed by atoms with Crippen LogP contribution in [-0.4, -0.2) is 0 Å². The van der Waals surface area contributed by atoms with Crippen LogP contribution >= 0.6 is 0 Å². The summed E-state index contributed by atoms with van der Waals surface area (Å²) in [5.41, 5.74) is 2.42. The summed E-state index contributed by atoms with van der Waals surface area (Å²) in [6.07, 6.45) is 17.5. The Morgan fingerprint density at radius 1 is 0.594 bits per heavy atom. The first-order valence-electron chi connectivity index (χ1n) is 12.3. The quantitative estimate of drug-likeness (QED) is 0.162. The molecular weight excluding hydrogens is 392 g/mol. The summed E-state index contributed by atoms with van der Waals surface area (Å²) in [6, 6.07) is 13.0. The zero-order valence-electron chi connectivity index (χ0n) is 20.2. The Morgan fingerprint density at radius 3 is 1.44 bits per heavy atom. The molecule has 0 bridgehead atoms. The molecular formula is C30H38O2. The van der Waals surface area contributed by atoms with Crippen LogP contribution in [0.4, 0.5) is 0 Å². The molecule has 0 heterocycles. The molecule has 0 N–H and O–H groups in total. The zero-order valence-corrected chi connectivity index (χ0v) is 20.2. The standard InChI is InChI=1S/C30H38O2/c1-5-7-9-11-13-19-31-29-25-17-15-24(4)22-28(25)30(32-20-14-12-10-8-6-2)26-18-16-23(3)21-27(26)29/h13-22H,5-12H2,1-4H3/b19-13+,20-14+. The molecule has 0 aliphatic heterocycles. The Labute approximate surface area is 193 Å². The minimum atomic E-state index is 0.907. The first-order valence-corrected chi connectivity index (χ1v) is 12.3. The van der Waals surface area contributed by atoms with Crippen molar-refractivity contribution in [1.82, 2.24) is 0 Å². The lowest BCUT2D eigenvalue weighted by molar-refractivity contribution is 0.481. The average Bonchev–Trinajstić information content (AvgIpc) is 2.79. The third-order valence-corrected chi connectivity index (χ3v) is 5.84. The van der Waals surface area contributed by atoms with Crippen molar-refractivity contribution in [1.29, 1.82) is 0 Å². The average molecular weight is 431 g/mol. The van der Waals surface area contributed by atoms with E-state index < -0.39 is 0 Å². The third kappa shape index (κ3) is 6.16. The van der Waals surface area contributed by atoms with Gasteiger partial charge in [0.15, 0.2) is 0 Å². The van der Waals surface area contributed by atoms with E-state index in [-0.39, 0.29) is 0 Å². The molecule has 0 saturated carbocycles. The van der Waals surface area contributed by atoms with Gasteiger partial charge in [0, 0.05) is 21.5 Å². The number of aryl methyl sites for hydroxylation is 2. The van der Waals surface area contributed by atoms with E-state index in [2.05, 4.69) is 76.2 Å². The first-order chi connectivity index (χ1) is 15.7. The molecule has 0 aliphatic rings. The van der Waals surface area contributed by atoms with E-state index >= 15 is 0 Å². The number of benzene rings is 3. The highest BCUT2D eigenvalue weighted by Gasteiger charge is 2.16. The van der Waals surface area contributed by atoms with E-state index in [1.807, 2.05) is 12.5 Å². The molecule has 2 heteroatoms. The van der Waals surface area contributed by atoms with Gasteiger partial charge in [-0.25, -0.2) is 0 Å². The predicted molar refractivity (Wildman–Crippen MR) is 139 cm³/mol. The summed E-state index contributed by atoms with van der Waals surface area (Å²) in [5.74, 6) is 1.81. The summed E-state index contributed by atoms with van der Waals surface area (Å²) in [6.45, 7) is 8.70. The molecule has 170 valence electrons. The van der Waals surface area contributed by atoms with Crippen molar-refractivity contribution in [3.05, 3.63) is 72.2 Å². The Hall–Kier alpha value is -2.74. The Morgan fingerprint density at radius 2 is 1.03 bits per heavy atom. The smallest absolute Gasteiger partial charge is 0.142 e. The van der Waals surface area contributed by atoms with Gasteiger partial charge in [-0.15, -0.1) is 0 Å². The van der Waals surface area contributed by atoms with E-state index in [0.29, 0.717) is 0 Å². The van der Waals surface area contributed by atoms with Crippen molar-refractivity contribution in [3.63, 3.8) is 0 Å². The summed E-state index contributed by atoms with van der Waals surface area (Å²) in [5, 5.41) is 4.35. The van der Waals surface area contributed by atoms with Crippen LogP contribution in [-0.2, 0) is 0 Å². The van der Waals surface area contributed by atoms with Crippen LogP contribution < -0.4 is 9.47 Å². The van der Waals surface area contributed by atoms with Crippen molar-refractivity contribution in [3.8, 4) is 11.5 Å². The van der Waals surface area contributed by atoms with Gasteiger partial charge in [0.2, 0.25) is 0 Å². The van der Waals surface area contributed by atoms with Gasteiger partial charge >= 0.3 is 0 Å². The van der Waals surface area contributed by atoms with Gasteiger partial charge in [-0.2, -0.15) is 0 Å². The minimum absolute atomic E-state index is 0.907. The molecule has 0 saturated heterocycles. The second-order valence-electron chi connectivity index (χ2n) is 8.73. The fraction of sp³-hybridized carbons (Fsp3) is 0.400. The van der Waals surface area contributed by atoms with Crippen LogP contribution in [0.15, 0.2) is 61.1 Å². The Kier molecular flexibility index (Phi) is 9.22. The van der Waals surface area contributed by atoms with Crippen LogP contribution in [0.25, 0.3) is 21.5 Å². The highest BCUT2D eigenvalue weighted by molar-refractivity contribution is 6.11. The summed E-state index contributed by atoms with van der Waals surface area (Å²) < 4.78 is 12.6. The minimum Gasteiger partial charge on any atom is -0.464 e. The van der Waals surface area contributed by atoms with Crippen molar-refractivity contribution >= 4 is 21.5 Å². The van der Waals surface area contributed by atoms with Crippen molar-refractivity contribution in [2.75, 3.05) is 0 Å². The maximum Gasteiger partial charge on any atom is 0.142 e. The molecule has 3 aromatic carbocycles. The zero-order chi connectivity index (χ0) is 22.8. The lowest BCUT2D eigenvalue weighted by Gasteiger charge is -2.16. The number of ether oxygens (including phenoxy) is 2. The molecule has 0 radical (unpaired) electrons. The van der Waals surface area contributed by atoms with Gasteiger partial charge in [-0.3, -0.25) is 0 Å². The topological polar surface area (TPSA) is 18.5 Å². The largest absolute Gasteiger partial charge is 0.464 e. The normalized spacial score (nSPS) is 11.9. The van der Waals surface area contributed by atoms with Gasteiger partial charge in [0.25, 0.3) is 0 Å². The van der Waals surface area contributed by atoms with E-state index in [9.17, 15) is 0 Å². The number of hydrogen-bond donors (Lipinski definition) is 0. The fourth-order valence-corrected chi connectivity index (χ4v) is 4.02. The summed E-state index contributed by atoms with van der Waals surface area (Å²) in [4.78, 5) is 0. The lowest BCUT2D eigenvalue weighted by Crippen LogP contribution is -1.93. The number of allylic oxidation sites excluding steroid dienone is 2. The molecule has 3 aromatic rings. The van der Waals surface area contributed by atoms with Crippen LogP contribution in [0.3, 0.4) is 0 Å². The maximum atomic E-state index is 6.28. The van der Waals surface area contributed by atoms with Crippen molar-refractivity contribution in [2.24, 2.45) is 0 Å². The SMILES string of the molecule is CCCCC/C=C/Oc1c2ccc(C)cc2c(O/C=C/CCCCC)c2ccc(C)cc12. The van der Waals surface area contributed by atoms with E-state index in [0.717, 1.165) is 45.9 Å². The molecule has 3 rings (SSSR count). The van der Waals surface area contributed by atoms with Crippen LogP contribution in [0, 0.1) is 13.8 Å². The predicted octanol–water partition coefficient (Wildman–Crippen LogP) is 9.56. The molecule has 0 aliphatic carbocycles. The fourth-order valence-electron chi connectivity index (χ4n) is 4.02. The van der Waals surface area contributed by atoms with E-state index in [4.69, 9.17) is 9.47 Å². The van der Waals surface area contributed by atoms with Gasteiger partial charge in [-0.1, -0.05) is 74.9 Å². The third-order valence-electron chi connectivity index (χ3n) is 5.84. The monoisotopic (exact) mass is 430 g/mol. The molecule has 32 heavy (non-hydrogen) atoms. The molecule has 0 amide bonds. The van der Waals surface area contributed by atoms with Gasteiger partial charge in [0.05, 0.1) is 12.5 Å². The van der Waals surface area contributed by atoms with Crippen molar-refractivity contribution < 1.29 is 9.47 Å².